The lowest BCUT2D eigenvalue weighted by Crippen LogP contribution is -2.32. The fourth-order valence-electron chi connectivity index (χ4n) is 4.04. The molecule has 5 rings (SSSR count). The molecule has 0 saturated carbocycles. The van der Waals surface area contributed by atoms with Crippen LogP contribution in [0.15, 0.2) is 48.9 Å². The normalized spacial score (nSPS) is 16.0. The Bertz CT molecular complexity index is 1240. The first-order valence-electron chi connectivity index (χ1n) is 11.3. The number of nitrogens with one attached hydrogen (secondary N) is 1. The van der Waals surface area contributed by atoms with Gasteiger partial charge in [-0.05, 0) is 49.7 Å². The van der Waals surface area contributed by atoms with Crippen molar-refractivity contribution < 1.29 is 14.2 Å². The van der Waals surface area contributed by atoms with E-state index in [-0.39, 0.29) is 6.04 Å². The van der Waals surface area contributed by atoms with Crippen LogP contribution in [0.25, 0.3) is 22.3 Å². The summed E-state index contributed by atoms with van der Waals surface area (Å²) in [5, 5.41) is 9.06. The van der Waals surface area contributed by atoms with Crippen LogP contribution < -0.4 is 20.5 Å². The summed E-state index contributed by atoms with van der Waals surface area (Å²) in [6, 6.07) is 11.3. The molecule has 0 spiro atoms. The van der Waals surface area contributed by atoms with Gasteiger partial charge in [0.05, 0.1) is 18.0 Å². The van der Waals surface area contributed by atoms with Crippen LogP contribution in [-0.4, -0.2) is 58.1 Å². The van der Waals surface area contributed by atoms with Crippen LogP contribution in [0.2, 0.25) is 0 Å². The van der Waals surface area contributed by atoms with Crippen molar-refractivity contribution in [2.45, 2.75) is 18.9 Å². The summed E-state index contributed by atoms with van der Waals surface area (Å²) in [6.07, 6.45) is 5.35. The number of piperidine rings is 1. The third-order valence-electron chi connectivity index (χ3n) is 5.75. The number of ether oxygens (including phenoxy) is 3. The molecule has 4 heterocycles. The number of nitrogens with two attached hydrogens (primary N) is 1. The lowest BCUT2D eigenvalue weighted by atomic mass is 10.1. The van der Waals surface area contributed by atoms with Crippen molar-refractivity contribution in [3.63, 3.8) is 0 Å². The molecule has 0 unspecified atom stereocenters. The molecule has 0 amide bonds. The number of aromatic nitrogens is 5. The molecule has 0 bridgehead atoms. The number of hydrogen-bond acceptors (Lipinski definition) is 9. The van der Waals surface area contributed by atoms with Crippen LogP contribution in [0.5, 0.6) is 17.4 Å². The van der Waals surface area contributed by atoms with Gasteiger partial charge in [-0.1, -0.05) is 0 Å². The van der Waals surface area contributed by atoms with E-state index in [1.807, 2.05) is 41.1 Å². The molecule has 3 aromatic heterocycles. The highest BCUT2D eigenvalue weighted by atomic mass is 16.5. The summed E-state index contributed by atoms with van der Waals surface area (Å²) in [5.74, 6) is 2.30. The van der Waals surface area contributed by atoms with Gasteiger partial charge in [0.25, 0.3) is 0 Å². The molecule has 10 heteroatoms. The van der Waals surface area contributed by atoms with Gasteiger partial charge in [0.1, 0.15) is 35.9 Å². The van der Waals surface area contributed by atoms with Crippen molar-refractivity contribution in [1.82, 2.24) is 30.0 Å². The third kappa shape index (κ3) is 4.63. The highest BCUT2D eigenvalue weighted by molar-refractivity contribution is 5.98. The molecule has 10 nitrogen and oxygen atoms in total. The molecule has 0 aliphatic carbocycles. The van der Waals surface area contributed by atoms with E-state index in [0.29, 0.717) is 30.7 Å². The molecule has 1 fully saturated rings. The number of anilines is 1. The summed E-state index contributed by atoms with van der Waals surface area (Å²) < 4.78 is 18.4. The monoisotopic (exact) mass is 461 g/mol. The minimum absolute atomic E-state index is 0.219. The van der Waals surface area contributed by atoms with Gasteiger partial charge in [0, 0.05) is 31.5 Å². The minimum Gasteiger partial charge on any atom is -0.491 e. The molecule has 1 aliphatic rings. The summed E-state index contributed by atoms with van der Waals surface area (Å²) in [4.78, 5) is 13.2. The van der Waals surface area contributed by atoms with Crippen LogP contribution in [0.4, 0.5) is 5.82 Å². The zero-order valence-corrected chi connectivity index (χ0v) is 19.0. The van der Waals surface area contributed by atoms with E-state index in [1.165, 1.54) is 6.33 Å². The highest BCUT2D eigenvalue weighted by Crippen LogP contribution is 2.33. The highest BCUT2D eigenvalue weighted by Gasteiger charge is 2.23. The molecular weight excluding hydrogens is 434 g/mol. The summed E-state index contributed by atoms with van der Waals surface area (Å²) >= 11 is 0. The van der Waals surface area contributed by atoms with Gasteiger partial charge < -0.3 is 25.3 Å². The van der Waals surface area contributed by atoms with Gasteiger partial charge in [-0.3, -0.25) is 0 Å². The first-order valence-corrected chi connectivity index (χ1v) is 11.3. The largest absolute Gasteiger partial charge is 0.491 e. The van der Waals surface area contributed by atoms with Crippen LogP contribution in [0.1, 0.15) is 18.9 Å². The average molecular weight is 462 g/mol. The van der Waals surface area contributed by atoms with Crippen molar-refractivity contribution in [3.8, 4) is 28.6 Å². The van der Waals surface area contributed by atoms with Gasteiger partial charge in [0.15, 0.2) is 5.65 Å². The Hall–Kier alpha value is -3.76. The molecule has 4 aromatic rings. The molecule has 1 atom stereocenters. The van der Waals surface area contributed by atoms with E-state index in [4.69, 9.17) is 25.0 Å². The van der Waals surface area contributed by atoms with Crippen molar-refractivity contribution in [2.24, 2.45) is 0 Å². The number of hydrogen-bond donors (Lipinski definition) is 2. The number of pyridine rings is 1. The lowest BCUT2D eigenvalue weighted by Gasteiger charge is -2.23. The first kappa shape index (κ1) is 22.1. The van der Waals surface area contributed by atoms with Gasteiger partial charge in [0.2, 0.25) is 5.88 Å². The molecule has 0 radical (unpaired) electrons. The Kier molecular flexibility index (Phi) is 6.50. The van der Waals surface area contributed by atoms with Crippen molar-refractivity contribution in [2.75, 3.05) is 39.1 Å². The fraction of sp³-hybridized carbons (Fsp3) is 0.333. The number of nitrogen functional groups attached to an aromatic ring is 1. The zero-order chi connectivity index (χ0) is 23.3. The molecule has 1 saturated heterocycles. The Balaban J connectivity index is 1.37. The number of fused-ring (bicyclic) bond motifs is 1. The maximum absolute atomic E-state index is 6.24. The van der Waals surface area contributed by atoms with Gasteiger partial charge in [-0.2, -0.15) is 5.10 Å². The Morgan fingerprint density at radius 2 is 1.91 bits per heavy atom. The Morgan fingerprint density at radius 1 is 1.06 bits per heavy atom. The van der Waals surface area contributed by atoms with E-state index in [9.17, 15) is 0 Å². The van der Waals surface area contributed by atoms with E-state index >= 15 is 0 Å². The second kappa shape index (κ2) is 10.0. The Labute approximate surface area is 197 Å². The summed E-state index contributed by atoms with van der Waals surface area (Å²) in [7, 11) is 1.64. The van der Waals surface area contributed by atoms with Gasteiger partial charge in [-0.25, -0.2) is 19.6 Å². The van der Waals surface area contributed by atoms with Crippen LogP contribution in [-0.2, 0) is 4.74 Å². The lowest BCUT2D eigenvalue weighted by molar-refractivity contribution is 0.146. The SMILES string of the molecule is COCCOc1ccc(Oc2ccc(-c3nn([C@@H]4CCCNC4)c4ncnc(N)c34)cn2)cc1. The third-order valence-corrected chi connectivity index (χ3v) is 5.75. The molecule has 34 heavy (non-hydrogen) atoms. The van der Waals surface area contributed by atoms with Crippen LogP contribution in [0.3, 0.4) is 0 Å². The van der Waals surface area contributed by atoms with Crippen molar-refractivity contribution in [1.29, 1.82) is 0 Å². The van der Waals surface area contributed by atoms with Crippen molar-refractivity contribution in [3.05, 3.63) is 48.9 Å². The second-order valence-corrected chi connectivity index (χ2v) is 8.05. The Morgan fingerprint density at radius 3 is 2.65 bits per heavy atom. The molecule has 176 valence electrons. The fourth-order valence-corrected chi connectivity index (χ4v) is 4.04. The first-order chi connectivity index (χ1) is 16.7. The van der Waals surface area contributed by atoms with Gasteiger partial charge >= 0.3 is 0 Å². The zero-order valence-electron chi connectivity index (χ0n) is 19.0. The molecular formula is C24H27N7O3. The quantitative estimate of drug-likeness (QED) is 0.381. The van der Waals surface area contributed by atoms with E-state index in [0.717, 1.165) is 54.0 Å². The minimum atomic E-state index is 0.219. The maximum atomic E-state index is 6.24. The number of rotatable bonds is 8. The summed E-state index contributed by atoms with van der Waals surface area (Å²) in [6.45, 7) is 2.91. The summed E-state index contributed by atoms with van der Waals surface area (Å²) in [5.41, 5.74) is 8.52. The maximum Gasteiger partial charge on any atom is 0.219 e. The molecule has 3 N–H and O–H groups in total. The van der Waals surface area contributed by atoms with Crippen LogP contribution >= 0.6 is 0 Å². The van der Waals surface area contributed by atoms with E-state index < -0.39 is 0 Å². The number of nitrogens with zero attached hydrogens (tertiary/aromatic N) is 5. The van der Waals surface area contributed by atoms with Crippen molar-refractivity contribution >= 4 is 16.9 Å². The topological polar surface area (TPSA) is 122 Å². The molecule has 1 aliphatic heterocycles. The van der Waals surface area contributed by atoms with E-state index in [2.05, 4.69) is 20.3 Å². The predicted molar refractivity (Wildman–Crippen MR) is 128 cm³/mol. The van der Waals surface area contributed by atoms with Crippen LogP contribution in [0, 0.1) is 0 Å². The number of benzene rings is 1. The smallest absolute Gasteiger partial charge is 0.219 e. The number of methoxy groups -OCH3 is 1. The standard InChI is InChI=1S/C24H27N7O3/c1-32-11-12-33-18-5-7-19(8-6-18)34-20-9-4-16(13-27-20)22-21-23(25)28-15-29-24(21)31(30-22)17-3-2-10-26-14-17/h4-9,13,15,17,26H,2-3,10-12,14H2,1H3,(H2,25,28,29)/t17-/m1/s1. The van der Waals surface area contributed by atoms with Gasteiger partial charge in [-0.15, -0.1) is 0 Å². The average Bonchev–Trinajstić information content (AvgIpc) is 3.27. The second-order valence-electron chi connectivity index (χ2n) is 8.05. The predicted octanol–water partition coefficient (Wildman–Crippen LogP) is 3.21. The molecule has 1 aromatic carbocycles. The van der Waals surface area contributed by atoms with E-state index in [1.54, 1.807) is 13.3 Å².